The summed E-state index contributed by atoms with van der Waals surface area (Å²) in [5.74, 6) is 0.711. The Morgan fingerprint density at radius 1 is 1.16 bits per heavy atom. The summed E-state index contributed by atoms with van der Waals surface area (Å²) in [7, 11) is 0. The van der Waals surface area contributed by atoms with Gasteiger partial charge >= 0.3 is 0 Å². The molecule has 38 heavy (non-hydrogen) atoms. The molecule has 3 atom stereocenters. The average Bonchev–Trinajstić information content (AvgIpc) is 3.11. The van der Waals surface area contributed by atoms with Gasteiger partial charge in [0.15, 0.2) is 0 Å². The van der Waals surface area contributed by atoms with Gasteiger partial charge in [0.1, 0.15) is 17.8 Å². The maximum atomic E-state index is 12.9. The van der Waals surface area contributed by atoms with Crippen LogP contribution in [0.3, 0.4) is 0 Å². The number of halogens is 2. The Morgan fingerprint density at radius 3 is 2.53 bits per heavy atom. The molecule has 1 N–H and O–H groups in total. The monoisotopic (exact) mass is 557 g/mol. The number of ether oxygens (including phenoxy) is 1. The molecule has 2 aromatic heterocycles. The Kier molecular flexibility index (Phi) is 6.95. The highest BCUT2D eigenvalue weighted by atomic mass is 35.5. The predicted octanol–water partition coefficient (Wildman–Crippen LogP) is 4.69. The minimum absolute atomic E-state index is 0. The summed E-state index contributed by atoms with van der Waals surface area (Å²) in [6.45, 7) is 10.4. The highest BCUT2D eigenvalue weighted by Crippen LogP contribution is 2.63. The van der Waals surface area contributed by atoms with E-state index in [0.29, 0.717) is 16.6 Å². The standard InChI is InChI=1S/C28H32ClN5O3.ClH/c1-15-9-19(29)11-20(25(15)37-16(2)18-5-7-30-8-6-18)24-21-10-17(13-34(21)32-14-31-24)12-33-26(35)22-23(27(33)36)28(22,3)4;/h9-11,13-14,16,18,22-23,30H,5-8,12H2,1-4H3;1H. The summed E-state index contributed by atoms with van der Waals surface area (Å²) < 4.78 is 8.34. The van der Waals surface area contributed by atoms with E-state index >= 15 is 0 Å². The van der Waals surface area contributed by atoms with E-state index < -0.39 is 0 Å². The van der Waals surface area contributed by atoms with Gasteiger partial charge in [-0.25, -0.2) is 9.50 Å². The number of amides is 2. The number of nitrogens with one attached hydrogen (secondary N) is 1. The Hall–Kier alpha value is -2.68. The Labute approximate surface area is 233 Å². The van der Waals surface area contributed by atoms with E-state index in [1.165, 1.54) is 11.2 Å². The van der Waals surface area contributed by atoms with Crippen LogP contribution in [0, 0.1) is 30.1 Å². The second-order valence-electron chi connectivity index (χ2n) is 11.3. The van der Waals surface area contributed by atoms with Gasteiger partial charge in [0.05, 0.1) is 30.0 Å². The molecule has 3 aromatic rings. The average molecular weight is 559 g/mol. The van der Waals surface area contributed by atoms with Crippen molar-refractivity contribution < 1.29 is 14.3 Å². The Morgan fingerprint density at radius 2 is 1.84 bits per heavy atom. The lowest BCUT2D eigenvalue weighted by Crippen LogP contribution is -2.35. The molecule has 2 aliphatic heterocycles. The Balaban J connectivity index is 0.00000294. The van der Waals surface area contributed by atoms with Gasteiger partial charge in [-0.2, -0.15) is 5.10 Å². The SMILES string of the molecule is Cc1cc(Cl)cc(-c2ncnn3cc(CN4C(=O)C5C(C4=O)C5(C)C)cc23)c1OC(C)C1CCNCC1.Cl. The van der Waals surface area contributed by atoms with Crippen LogP contribution in [0.2, 0.25) is 5.02 Å². The first-order valence-corrected chi connectivity index (χ1v) is 13.4. The molecule has 2 amide bonds. The lowest BCUT2D eigenvalue weighted by Gasteiger charge is -2.30. The van der Waals surface area contributed by atoms with Crippen LogP contribution in [0.25, 0.3) is 16.8 Å². The normalized spacial score (nSPS) is 23.3. The summed E-state index contributed by atoms with van der Waals surface area (Å²) >= 11 is 6.50. The van der Waals surface area contributed by atoms with Gasteiger partial charge in [0, 0.05) is 16.8 Å². The van der Waals surface area contributed by atoms with E-state index in [1.807, 2.05) is 45.2 Å². The molecule has 2 saturated heterocycles. The van der Waals surface area contributed by atoms with E-state index in [0.717, 1.165) is 53.9 Å². The largest absolute Gasteiger partial charge is 0.489 e. The molecule has 3 unspecified atom stereocenters. The second-order valence-corrected chi connectivity index (χ2v) is 11.8. The molecule has 4 heterocycles. The number of imide groups is 1. The van der Waals surface area contributed by atoms with Crippen LogP contribution in [0.1, 0.15) is 44.7 Å². The maximum absolute atomic E-state index is 12.9. The smallest absolute Gasteiger partial charge is 0.233 e. The number of hydrogen-bond acceptors (Lipinski definition) is 6. The lowest BCUT2D eigenvalue weighted by molar-refractivity contribution is -0.143. The number of piperidine rings is 2. The lowest BCUT2D eigenvalue weighted by atomic mass is 9.93. The number of hydrogen-bond donors (Lipinski definition) is 1. The number of carbonyl (C=O) groups is 2. The van der Waals surface area contributed by atoms with Crippen molar-refractivity contribution >= 4 is 41.3 Å². The minimum atomic E-state index is -0.221. The van der Waals surface area contributed by atoms with Crippen molar-refractivity contribution in [2.24, 2.45) is 23.2 Å². The van der Waals surface area contributed by atoms with Crippen LogP contribution in [0.4, 0.5) is 0 Å². The minimum Gasteiger partial charge on any atom is -0.489 e. The molecule has 202 valence electrons. The van der Waals surface area contributed by atoms with Crippen LogP contribution in [-0.4, -0.2) is 50.5 Å². The van der Waals surface area contributed by atoms with Crippen LogP contribution in [0.15, 0.2) is 30.7 Å². The van der Waals surface area contributed by atoms with Crippen molar-refractivity contribution in [3.8, 4) is 17.0 Å². The molecule has 6 rings (SSSR count). The van der Waals surface area contributed by atoms with Crippen LogP contribution < -0.4 is 10.1 Å². The van der Waals surface area contributed by atoms with Gasteiger partial charge in [-0.15, -0.1) is 12.4 Å². The van der Waals surface area contributed by atoms with Crippen molar-refractivity contribution in [2.45, 2.75) is 53.2 Å². The van der Waals surface area contributed by atoms with E-state index in [2.05, 4.69) is 22.3 Å². The third kappa shape index (κ3) is 4.36. The first-order chi connectivity index (χ1) is 17.7. The molecule has 1 aliphatic carbocycles. The zero-order valence-corrected chi connectivity index (χ0v) is 23.6. The number of aromatic nitrogens is 3. The molecule has 0 bridgehead atoms. The van der Waals surface area contributed by atoms with E-state index in [9.17, 15) is 9.59 Å². The van der Waals surface area contributed by atoms with Gasteiger partial charge in [0.25, 0.3) is 0 Å². The zero-order chi connectivity index (χ0) is 26.1. The van der Waals surface area contributed by atoms with Crippen molar-refractivity contribution in [3.63, 3.8) is 0 Å². The van der Waals surface area contributed by atoms with E-state index in [1.54, 1.807) is 4.52 Å². The fourth-order valence-electron chi connectivity index (χ4n) is 6.28. The van der Waals surface area contributed by atoms with E-state index in [-0.39, 0.29) is 54.1 Å². The summed E-state index contributed by atoms with van der Waals surface area (Å²) in [5.41, 5.74) is 3.82. The van der Waals surface area contributed by atoms with Crippen LogP contribution >= 0.6 is 24.0 Å². The van der Waals surface area contributed by atoms with Gasteiger partial charge in [-0.3, -0.25) is 14.5 Å². The molecule has 10 heteroatoms. The molecule has 0 radical (unpaired) electrons. The molecular formula is C28H33Cl2N5O3. The van der Waals surface area contributed by atoms with Crippen LogP contribution in [-0.2, 0) is 16.1 Å². The topological polar surface area (TPSA) is 88.8 Å². The van der Waals surface area contributed by atoms with Crippen molar-refractivity contribution in [1.82, 2.24) is 24.8 Å². The number of carbonyl (C=O) groups excluding carboxylic acids is 2. The fourth-order valence-corrected chi connectivity index (χ4v) is 6.55. The number of fused-ring (bicyclic) bond motifs is 2. The van der Waals surface area contributed by atoms with Gasteiger partial charge < -0.3 is 10.1 Å². The van der Waals surface area contributed by atoms with Gasteiger partial charge in [-0.1, -0.05) is 25.4 Å². The van der Waals surface area contributed by atoms with Crippen molar-refractivity contribution in [2.75, 3.05) is 13.1 Å². The van der Waals surface area contributed by atoms with Gasteiger partial charge in [-0.05, 0) is 80.4 Å². The number of likely N-dealkylation sites (tertiary alicyclic amines) is 1. The first kappa shape index (κ1) is 26.9. The molecule has 1 saturated carbocycles. The fraction of sp³-hybridized carbons (Fsp3) is 0.500. The molecule has 3 fully saturated rings. The third-order valence-corrected chi connectivity index (χ3v) is 8.76. The van der Waals surface area contributed by atoms with Crippen molar-refractivity contribution in [1.29, 1.82) is 0 Å². The highest BCUT2D eigenvalue weighted by molar-refractivity contribution is 6.31. The number of nitrogens with zero attached hydrogens (tertiary/aromatic N) is 4. The van der Waals surface area contributed by atoms with Crippen LogP contribution in [0.5, 0.6) is 5.75 Å². The number of benzene rings is 1. The maximum Gasteiger partial charge on any atom is 0.233 e. The number of rotatable bonds is 6. The van der Waals surface area contributed by atoms with Gasteiger partial charge in [0.2, 0.25) is 11.8 Å². The van der Waals surface area contributed by atoms with Crippen molar-refractivity contribution in [3.05, 3.63) is 46.9 Å². The summed E-state index contributed by atoms with van der Waals surface area (Å²) in [6, 6.07) is 5.74. The molecular weight excluding hydrogens is 525 g/mol. The summed E-state index contributed by atoms with van der Waals surface area (Å²) in [6.07, 6.45) is 5.56. The Bertz CT molecular complexity index is 1390. The molecule has 8 nitrogen and oxygen atoms in total. The highest BCUT2D eigenvalue weighted by Gasteiger charge is 2.72. The molecule has 3 aliphatic rings. The third-order valence-electron chi connectivity index (χ3n) is 8.54. The quantitative estimate of drug-likeness (QED) is 0.442. The summed E-state index contributed by atoms with van der Waals surface area (Å²) in [4.78, 5) is 31.8. The first-order valence-electron chi connectivity index (χ1n) is 13.0. The molecule has 0 spiro atoms. The number of aryl methyl sites for hydroxylation is 1. The molecule has 1 aromatic carbocycles. The predicted molar refractivity (Wildman–Crippen MR) is 147 cm³/mol. The summed E-state index contributed by atoms with van der Waals surface area (Å²) in [5, 5.41) is 8.41. The zero-order valence-electron chi connectivity index (χ0n) is 22.0. The van der Waals surface area contributed by atoms with E-state index in [4.69, 9.17) is 16.3 Å². The second kappa shape index (κ2) is 9.81.